The number of esters is 4. The zero-order valence-corrected chi connectivity index (χ0v) is 24.7. The van der Waals surface area contributed by atoms with E-state index in [0.717, 1.165) is 0 Å². The number of ether oxygens (including phenoxy) is 8. The molecule has 0 aliphatic heterocycles. The number of carbonyl (C=O) groups is 4. The lowest BCUT2D eigenvalue weighted by atomic mass is 9.92. The topological polar surface area (TPSA) is 142 Å². The number of hydrogen-bond donors (Lipinski definition) is 4. The van der Waals surface area contributed by atoms with E-state index >= 15 is 0 Å². The number of rotatable bonds is 20. The van der Waals surface area contributed by atoms with Crippen LogP contribution < -0.4 is 0 Å². The summed E-state index contributed by atoms with van der Waals surface area (Å²) in [6.45, 7) is 5.34. The van der Waals surface area contributed by atoms with Crippen molar-refractivity contribution in [2.24, 2.45) is 5.41 Å². The van der Waals surface area contributed by atoms with E-state index in [4.69, 9.17) is 37.9 Å². The Morgan fingerprint density at radius 1 is 0.486 bits per heavy atom. The largest absolute Gasteiger partial charge is 0.435 e. The molecular formula is C21H36O12S4. The van der Waals surface area contributed by atoms with Crippen LogP contribution in [0.3, 0.4) is 0 Å². The van der Waals surface area contributed by atoms with E-state index in [1.165, 1.54) is 27.7 Å². The normalized spacial score (nSPS) is 16.0. The predicted octanol–water partition coefficient (Wildman–Crippen LogP) is 1.32. The summed E-state index contributed by atoms with van der Waals surface area (Å²) >= 11 is 15.4. The van der Waals surface area contributed by atoms with Crippen molar-refractivity contribution in [2.75, 3.05) is 49.4 Å². The third-order valence-corrected chi connectivity index (χ3v) is 5.24. The molecule has 216 valence electrons. The Bertz CT molecular complexity index is 594. The average Bonchev–Trinajstić information content (AvgIpc) is 2.87. The maximum Gasteiger partial charge on any atom is 0.317 e. The molecule has 4 atom stereocenters. The Morgan fingerprint density at radius 2 is 0.676 bits per heavy atom. The summed E-state index contributed by atoms with van der Waals surface area (Å²) in [5, 5.41) is 0. The van der Waals surface area contributed by atoms with Crippen LogP contribution in [0, 0.1) is 5.41 Å². The van der Waals surface area contributed by atoms with E-state index in [-0.39, 0.29) is 49.4 Å². The lowest BCUT2D eigenvalue weighted by Gasteiger charge is -2.35. The Kier molecular flexibility index (Phi) is 19.6. The predicted molar refractivity (Wildman–Crippen MR) is 144 cm³/mol. The van der Waals surface area contributed by atoms with Crippen LogP contribution in [-0.4, -0.2) is 98.5 Å². The van der Waals surface area contributed by atoms with Gasteiger partial charge >= 0.3 is 23.9 Å². The summed E-state index contributed by atoms with van der Waals surface area (Å²) in [5.41, 5.74) is -1.16. The molecular weight excluding hydrogens is 572 g/mol. The highest BCUT2D eigenvalue weighted by atomic mass is 32.1. The summed E-state index contributed by atoms with van der Waals surface area (Å²) in [7, 11) is 0. The van der Waals surface area contributed by atoms with Gasteiger partial charge in [0.25, 0.3) is 0 Å². The van der Waals surface area contributed by atoms with Crippen molar-refractivity contribution < 1.29 is 57.1 Å². The highest BCUT2D eigenvalue weighted by Gasteiger charge is 2.36. The molecule has 0 aromatic carbocycles. The van der Waals surface area contributed by atoms with Gasteiger partial charge in [0.05, 0.1) is 54.9 Å². The fourth-order valence-corrected chi connectivity index (χ4v) is 2.75. The minimum atomic E-state index is -1.16. The molecule has 0 aromatic rings. The monoisotopic (exact) mass is 608 g/mol. The summed E-state index contributed by atoms with van der Waals surface area (Å²) < 4.78 is 43.1. The maximum atomic E-state index is 11.6. The van der Waals surface area contributed by atoms with Crippen molar-refractivity contribution in [3.8, 4) is 0 Å². The van der Waals surface area contributed by atoms with Crippen LogP contribution in [0.2, 0.25) is 0 Å². The van der Waals surface area contributed by atoms with E-state index < -0.39 is 54.5 Å². The molecule has 0 saturated carbocycles. The fourth-order valence-electron chi connectivity index (χ4n) is 2.45. The van der Waals surface area contributed by atoms with Gasteiger partial charge in [-0.25, -0.2) is 0 Å². The Balaban J connectivity index is 5.73. The average molecular weight is 609 g/mol. The van der Waals surface area contributed by atoms with E-state index in [1.807, 2.05) is 0 Å². The van der Waals surface area contributed by atoms with Gasteiger partial charge in [-0.1, -0.05) is 0 Å². The van der Waals surface area contributed by atoms with Crippen LogP contribution in [0.5, 0.6) is 0 Å². The van der Waals surface area contributed by atoms with Crippen LogP contribution in [0.25, 0.3) is 0 Å². The molecule has 0 N–H and O–H groups in total. The van der Waals surface area contributed by atoms with Gasteiger partial charge in [-0.05, 0) is 27.7 Å². The van der Waals surface area contributed by atoms with Gasteiger partial charge < -0.3 is 37.9 Å². The van der Waals surface area contributed by atoms with Crippen molar-refractivity contribution in [1.82, 2.24) is 0 Å². The van der Waals surface area contributed by atoms with Gasteiger partial charge in [-0.2, -0.15) is 50.5 Å². The van der Waals surface area contributed by atoms with Crippen molar-refractivity contribution in [2.45, 2.75) is 52.9 Å². The van der Waals surface area contributed by atoms with Gasteiger partial charge in [0.2, 0.25) is 0 Å². The van der Waals surface area contributed by atoms with E-state index in [0.29, 0.717) is 0 Å². The Labute approximate surface area is 238 Å². The fraction of sp³-hybridized carbons (Fsp3) is 0.810. The van der Waals surface area contributed by atoms with Gasteiger partial charge in [-0.15, -0.1) is 0 Å². The number of hydrogen-bond acceptors (Lipinski definition) is 16. The Hall–Kier alpha value is -0.880. The Morgan fingerprint density at radius 3 is 0.838 bits per heavy atom. The first-order valence-electron chi connectivity index (χ1n) is 11.1. The first-order chi connectivity index (χ1) is 17.4. The highest BCUT2D eigenvalue weighted by molar-refractivity contribution is 7.81. The van der Waals surface area contributed by atoms with Gasteiger partial charge in [0.1, 0.15) is 0 Å². The minimum Gasteiger partial charge on any atom is -0.435 e. The molecule has 0 saturated heterocycles. The molecule has 12 nitrogen and oxygen atoms in total. The summed E-state index contributed by atoms with van der Waals surface area (Å²) in [6.07, 6.45) is -3.90. The summed E-state index contributed by atoms with van der Waals surface area (Å²) in [5.74, 6) is -2.99. The first kappa shape index (κ1) is 36.1. The third kappa shape index (κ3) is 17.4. The smallest absolute Gasteiger partial charge is 0.317 e. The molecule has 0 fully saturated rings. The summed E-state index contributed by atoms with van der Waals surface area (Å²) in [4.78, 5) is 46.3. The standard InChI is InChI=1S/C21H36O12S4/c1-13(30-17(22)5-34)26-9-21(10-27-14(2)31-18(23)6-35,11-28-15(3)32-19(24)7-36)12-29-16(4)33-20(25)8-37/h13-16,34-37H,5-12H2,1-4H3. The molecule has 16 heteroatoms. The minimum absolute atomic E-state index is 0.149. The summed E-state index contributed by atoms with van der Waals surface area (Å²) in [6, 6.07) is 0. The van der Waals surface area contributed by atoms with Crippen LogP contribution >= 0.6 is 50.5 Å². The highest BCUT2D eigenvalue weighted by Crippen LogP contribution is 2.24. The zero-order chi connectivity index (χ0) is 28.4. The van der Waals surface area contributed by atoms with Crippen LogP contribution in [0.4, 0.5) is 0 Å². The second-order valence-electron chi connectivity index (χ2n) is 7.61. The second-order valence-corrected chi connectivity index (χ2v) is 8.87. The van der Waals surface area contributed by atoms with Gasteiger partial charge in [0.15, 0.2) is 25.2 Å². The molecule has 0 spiro atoms. The molecule has 0 rings (SSSR count). The van der Waals surface area contributed by atoms with Gasteiger partial charge in [-0.3, -0.25) is 19.2 Å². The third-order valence-electron chi connectivity index (χ3n) is 4.20. The van der Waals surface area contributed by atoms with Crippen molar-refractivity contribution in [3.05, 3.63) is 0 Å². The maximum absolute atomic E-state index is 11.6. The number of thiol groups is 4. The van der Waals surface area contributed by atoms with Gasteiger partial charge in [0, 0.05) is 0 Å². The molecule has 4 unspecified atom stereocenters. The SMILES string of the molecule is CC(OCC(COC(C)OC(=O)CS)(COC(C)OC(=O)CS)COC(C)OC(=O)CS)OC(=O)CS. The molecule has 0 aliphatic carbocycles. The van der Waals surface area contributed by atoms with Crippen LogP contribution in [0.15, 0.2) is 0 Å². The number of carbonyl (C=O) groups excluding carboxylic acids is 4. The lowest BCUT2D eigenvalue weighted by Crippen LogP contribution is -2.45. The molecule has 0 bridgehead atoms. The zero-order valence-electron chi connectivity index (χ0n) is 21.2. The first-order valence-corrected chi connectivity index (χ1v) is 13.6. The van der Waals surface area contributed by atoms with Crippen LogP contribution in [-0.2, 0) is 57.1 Å². The van der Waals surface area contributed by atoms with Crippen molar-refractivity contribution in [3.63, 3.8) is 0 Å². The second kappa shape index (κ2) is 20.1. The molecule has 0 aliphatic rings. The van der Waals surface area contributed by atoms with E-state index in [1.54, 1.807) is 0 Å². The van der Waals surface area contributed by atoms with E-state index in [2.05, 4.69) is 50.5 Å². The van der Waals surface area contributed by atoms with Crippen molar-refractivity contribution >= 4 is 74.4 Å². The van der Waals surface area contributed by atoms with Crippen molar-refractivity contribution in [1.29, 1.82) is 0 Å². The molecule has 0 heterocycles. The molecule has 0 radical (unpaired) electrons. The molecule has 37 heavy (non-hydrogen) atoms. The van der Waals surface area contributed by atoms with E-state index in [9.17, 15) is 19.2 Å². The molecule has 0 amide bonds. The molecule has 0 aromatic heterocycles. The van der Waals surface area contributed by atoms with Crippen LogP contribution in [0.1, 0.15) is 27.7 Å². The quantitative estimate of drug-likeness (QED) is 0.0685. The lowest BCUT2D eigenvalue weighted by molar-refractivity contribution is -0.230.